The van der Waals surface area contributed by atoms with Crippen LogP contribution < -0.4 is 0 Å². The van der Waals surface area contributed by atoms with Crippen LogP contribution in [-0.2, 0) is 18.4 Å². The first-order valence-electron chi connectivity index (χ1n) is 6.34. The van der Waals surface area contributed by atoms with Gasteiger partial charge in [-0.05, 0) is 39.1 Å². The highest BCUT2D eigenvalue weighted by atomic mass is 32.7. The van der Waals surface area contributed by atoms with E-state index in [0.29, 0.717) is 38.5 Å². The predicted molar refractivity (Wildman–Crippen MR) is 75.9 cm³/mol. The zero-order valence-electron chi connectivity index (χ0n) is 11.7. The molecule has 0 saturated heterocycles. The average Bonchev–Trinajstić information content (AvgIpc) is 2.31. The van der Waals surface area contributed by atoms with Crippen molar-refractivity contribution >= 4 is 24.1 Å². The normalized spacial score (nSPS) is 11.6. The maximum absolute atomic E-state index is 12.1. The van der Waals surface area contributed by atoms with Crippen LogP contribution in [0.25, 0.3) is 0 Å². The van der Waals surface area contributed by atoms with Crippen molar-refractivity contribution in [3.63, 3.8) is 0 Å². The molecule has 0 heterocycles. The molecular weight excluding hydrogens is 273 g/mol. The van der Waals surface area contributed by atoms with Crippen molar-refractivity contribution in [1.29, 1.82) is 0 Å². The maximum Gasteiger partial charge on any atom is 0.389 e. The Morgan fingerprint density at radius 2 is 1.61 bits per heavy atom. The lowest BCUT2D eigenvalue weighted by Crippen LogP contribution is -2.30. The summed E-state index contributed by atoms with van der Waals surface area (Å²) in [7, 11) is 0. The summed E-state index contributed by atoms with van der Waals surface area (Å²) in [6.45, 7) is 6.44. The van der Waals surface area contributed by atoms with Gasteiger partial charge in [-0.25, -0.2) is 4.57 Å². The van der Waals surface area contributed by atoms with E-state index in [1.165, 1.54) is 0 Å². The van der Waals surface area contributed by atoms with E-state index in [-0.39, 0.29) is 5.91 Å². The SMILES string of the molecule is CCOP(=O)(OCC)SCCC(=O)N(CC)CC. The molecule has 7 heteroatoms. The summed E-state index contributed by atoms with van der Waals surface area (Å²) < 4.78 is 22.4. The second-order valence-corrected chi connectivity index (χ2v) is 7.63. The van der Waals surface area contributed by atoms with Gasteiger partial charge >= 0.3 is 6.80 Å². The van der Waals surface area contributed by atoms with Gasteiger partial charge in [0, 0.05) is 25.3 Å². The van der Waals surface area contributed by atoms with E-state index in [0.717, 1.165) is 11.4 Å². The van der Waals surface area contributed by atoms with Crippen LogP contribution in [0, 0.1) is 0 Å². The van der Waals surface area contributed by atoms with E-state index in [9.17, 15) is 9.36 Å². The number of hydrogen-bond donors (Lipinski definition) is 0. The van der Waals surface area contributed by atoms with Crippen LogP contribution in [-0.4, -0.2) is 42.9 Å². The minimum atomic E-state index is -3.08. The number of amides is 1. The van der Waals surface area contributed by atoms with E-state index in [4.69, 9.17) is 9.05 Å². The molecular formula is C11H24NO4PS. The second-order valence-electron chi connectivity index (χ2n) is 3.43. The Kier molecular flexibility index (Phi) is 9.83. The Bertz CT molecular complexity index is 274. The minimum absolute atomic E-state index is 0.0760. The third-order valence-corrected chi connectivity index (χ3v) is 6.24. The maximum atomic E-state index is 12.1. The summed E-state index contributed by atoms with van der Waals surface area (Å²) in [4.78, 5) is 13.5. The molecule has 0 fully saturated rings. The fourth-order valence-corrected chi connectivity index (χ4v) is 4.78. The molecule has 0 bridgehead atoms. The van der Waals surface area contributed by atoms with E-state index < -0.39 is 6.80 Å². The summed E-state index contributed by atoms with van der Waals surface area (Å²) in [5, 5.41) is 0. The highest BCUT2D eigenvalue weighted by Gasteiger charge is 2.24. The smallest absolute Gasteiger partial charge is 0.343 e. The lowest BCUT2D eigenvalue weighted by molar-refractivity contribution is -0.130. The summed E-state index contributed by atoms with van der Waals surface area (Å²) in [6.07, 6.45) is 0.358. The van der Waals surface area contributed by atoms with Gasteiger partial charge in [-0.1, -0.05) is 0 Å². The van der Waals surface area contributed by atoms with Crippen molar-refractivity contribution < 1.29 is 18.4 Å². The standard InChI is InChI=1S/C11H24NO4PS/c1-5-12(6-2)11(13)9-10-18-17(14,15-7-3)16-8-4/h5-10H2,1-4H3. The molecule has 108 valence electrons. The van der Waals surface area contributed by atoms with Crippen molar-refractivity contribution in [1.82, 2.24) is 4.90 Å². The van der Waals surface area contributed by atoms with Gasteiger partial charge < -0.3 is 13.9 Å². The molecule has 0 saturated carbocycles. The quantitative estimate of drug-likeness (QED) is 0.580. The molecule has 0 unspecified atom stereocenters. The average molecular weight is 297 g/mol. The first-order chi connectivity index (χ1) is 8.52. The zero-order chi connectivity index (χ0) is 14.0. The predicted octanol–water partition coefficient (Wildman–Crippen LogP) is 3.16. The Hall–Kier alpha value is -0.0300. The van der Waals surface area contributed by atoms with Crippen LogP contribution in [0.4, 0.5) is 0 Å². The van der Waals surface area contributed by atoms with Gasteiger partial charge in [-0.2, -0.15) is 0 Å². The van der Waals surface area contributed by atoms with Gasteiger partial charge in [0.2, 0.25) is 5.91 Å². The molecule has 0 aromatic carbocycles. The zero-order valence-corrected chi connectivity index (χ0v) is 13.4. The van der Waals surface area contributed by atoms with Gasteiger partial charge in [-0.15, -0.1) is 0 Å². The fourth-order valence-electron chi connectivity index (χ4n) is 1.41. The molecule has 1 amide bonds. The Labute approximate surface area is 114 Å². The summed E-state index contributed by atoms with van der Waals surface area (Å²) in [5.74, 6) is 0.527. The van der Waals surface area contributed by atoms with Gasteiger partial charge in [0.05, 0.1) is 13.2 Å². The lowest BCUT2D eigenvalue weighted by atomic mass is 10.4. The molecule has 0 aromatic rings. The van der Waals surface area contributed by atoms with Gasteiger partial charge in [0.1, 0.15) is 0 Å². The van der Waals surface area contributed by atoms with Crippen molar-refractivity contribution in [2.75, 3.05) is 32.1 Å². The first-order valence-corrected chi connectivity index (χ1v) is 9.47. The van der Waals surface area contributed by atoms with Crippen molar-refractivity contribution in [3.8, 4) is 0 Å². The number of hydrogen-bond acceptors (Lipinski definition) is 5. The summed E-state index contributed by atoms with van der Waals surface area (Å²) >= 11 is 1.10. The lowest BCUT2D eigenvalue weighted by Gasteiger charge is -2.19. The summed E-state index contributed by atoms with van der Waals surface area (Å²) in [6, 6.07) is 0. The molecule has 0 spiro atoms. The molecule has 0 aromatic heterocycles. The Morgan fingerprint density at radius 3 is 2.00 bits per heavy atom. The minimum Gasteiger partial charge on any atom is -0.343 e. The third kappa shape index (κ3) is 6.78. The van der Waals surface area contributed by atoms with Crippen LogP contribution in [0.15, 0.2) is 0 Å². The largest absolute Gasteiger partial charge is 0.389 e. The highest BCUT2D eigenvalue weighted by molar-refractivity contribution is 8.55. The van der Waals surface area contributed by atoms with E-state index in [2.05, 4.69) is 0 Å². The fraction of sp³-hybridized carbons (Fsp3) is 0.909. The van der Waals surface area contributed by atoms with Crippen LogP contribution >= 0.6 is 18.2 Å². The highest BCUT2D eigenvalue weighted by Crippen LogP contribution is 2.60. The van der Waals surface area contributed by atoms with E-state index in [1.807, 2.05) is 13.8 Å². The molecule has 0 N–H and O–H groups in total. The van der Waals surface area contributed by atoms with Crippen LogP contribution in [0.2, 0.25) is 0 Å². The number of rotatable bonds is 10. The topological polar surface area (TPSA) is 55.8 Å². The van der Waals surface area contributed by atoms with Gasteiger partial charge in [0.25, 0.3) is 0 Å². The van der Waals surface area contributed by atoms with E-state index >= 15 is 0 Å². The molecule has 5 nitrogen and oxygen atoms in total. The van der Waals surface area contributed by atoms with E-state index in [1.54, 1.807) is 18.7 Å². The van der Waals surface area contributed by atoms with Gasteiger partial charge in [-0.3, -0.25) is 4.79 Å². The van der Waals surface area contributed by atoms with Crippen molar-refractivity contribution in [2.45, 2.75) is 34.1 Å². The molecule has 0 aliphatic rings. The number of nitrogens with zero attached hydrogens (tertiary/aromatic N) is 1. The molecule has 0 aliphatic carbocycles. The molecule has 0 radical (unpaired) electrons. The number of carbonyl (C=O) groups excluding carboxylic acids is 1. The molecule has 0 rings (SSSR count). The monoisotopic (exact) mass is 297 g/mol. The van der Waals surface area contributed by atoms with Crippen LogP contribution in [0.5, 0.6) is 0 Å². The van der Waals surface area contributed by atoms with Crippen molar-refractivity contribution in [3.05, 3.63) is 0 Å². The van der Waals surface area contributed by atoms with Crippen LogP contribution in [0.3, 0.4) is 0 Å². The van der Waals surface area contributed by atoms with Gasteiger partial charge in [0.15, 0.2) is 0 Å². The third-order valence-electron chi connectivity index (χ3n) is 2.26. The van der Waals surface area contributed by atoms with Crippen molar-refractivity contribution in [2.24, 2.45) is 0 Å². The Balaban J connectivity index is 4.14. The Morgan fingerprint density at radius 1 is 1.11 bits per heavy atom. The second kappa shape index (κ2) is 9.84. The molecule has 0 atom stereocenters. The van der Waals surface area contributed by atoms with Crippen LogP contribution in [0.1, 0.15) is 34.1 Å². The number of carbonyl (C=O) groups is 1. The molecule has 18 heavy (non-hydrogen) atoms. The first kappa shape index (κ1) is 18.0. The molecule has 0 aliphatic heterocycles. The summed E-state index contributed by atoms with van der Waals surface area (Å²) in [5.41, 5.74) is 0.